The first kappa shape index (κ1) is 18.0. The molecular formula is C23H23NO5. The number of rotatable bonds is 5. The molecule has 2 heterocycles. The molecular weight excluding hydrogens is 370 g/mol. The summed E-state index contributed by atoms with van der Waals surface area (Å²) in [5.41, 5.74) is 4.28. The van der Waals surface area contributed by atoms with Gasteiger partial charge in [0.05, 0.1) is 7.11 Å². The van der Waals surface area contributed by atoms with Gasteiger partial charge in [-0.05, 0) is 61.9 Å². The molecule has 1 aliphatic heterocycles. The molecule has 1 saturated carbocycles. The first-order chi connectivity index (χ1) is 14.1. The van der Waals surface area contributed by atoms with Gasteiger partial charge < -0.3 is 19.0 Å². The number of carbonyl (C=O) groups is 1. The van der Waals surface area contributed by atoms with Crippen LogP contribution in [0.2, 0.25) is 0 Å². The summed E-state index contributed by atoms with van der Waals surface area (Å²) in [6.07, 6.45) is 5.91. The van der Waals surface area contributed by atoms with E-state index in [1.165, 1.54) is 12.8 Å². The zero-order valence-electron chi connectivity index (χ0n) is 16.4. The van der Waals surface area contributed by atoms with Crippen LogP contribution in [0.25, 0.3) is 22.6 Å². The maximum atomic E-state index is 10.8. The first-order valence-electron chi connectivity index (χ1n) is 10.1. The van der Waals surface area contributed by atoms with E-state index in [-0.39, 0.29) is 12.0 Å². The van der Waals surface area contributed by atoms with E-state index in [0.29, 0.717) is 17.9 Å². The van der Waals surface area contributed by atoms with Gasteiger partial charge in [0.15, 0.2) is 17.1 Å². The number of fused-ring (bicyclic) bond motifs is 2. The van der Waals surface area contributed by atoms with Crippen molar-refractivity contribution < 1.29 is 23.8 Å². The van der Waals surface area contributed by atoms with Crippen LogP contribution in [0.5, 0.6) is 11.5 Å². The molecule has 3 aromatic rings. The van der Waals surface area contributed by atoms with E-state index in [4.69, 9.17) is 24.0 Å². The first-order valence-corrected chi connectivity index (χ1v) is 10.1. The fourth-order valence-corrected chi connectivity index (χ4v) is 4.62. The van der Waals surface area contributed by atoms with E-state index in [2.05, 4.69) is 0 Å². The Balaban J connectivity index is 1.54. The highest BCUT2D eigenvalue weighted by Gasteiger charge is 2.44. The quantitative estimate of drug-likeness (QED) is 0.672. The van der Waals surface area contributed by atoms with Crippen LogP contribution in [-0.2, 0) is 17.6 Å². The van der Waals surface area contributed by atoms with Crippen LogP contribution in [-0.4, -0.2) is 28.8 Å². The summed E-state index contributed by atoms with van der Waals surface area (Å²) in [7, 11) is 1.66. The Morgan fingerprint density at radius 3 is 2.83 bits per heavy atom. The fourth-order valence-electron chi connectivity index (χ4n) is 4.62. The number of benzene rings is 2. The molecule has 1 aliphatic carbocycles. The molecule has 0 bridgehead atoms. The smallest absolute Gasteiger partial charge is 0.303 e. The zero-order valence-corrected chi connectivity index (χ0v) is 16.4. The van der Waals surface area contributed by atoms with Gasteiger partial charge in [0, 0.05) is 24.0 Å². The fraction of sp³-hybridized carbons (Fsp3) is 0.391. The number of carboxylic acid groups (broad SMARTS) is 1. The Kier molecular flexibility index (Phi) is 4.23. The van der Waals surface area contributed by atoms with Crippen molar-refractivity contribution >= 4 is 17.1 Å². The van der Waals surface area contributed by atoms with Gasteiger partial charge in [-0.3, -0.25) is 4.79 Å². The summed E-state index contributed by atoms with van der Waals surface area (Å²) in [6, 6.07) is 9.57. The molecule has 0 amide bonds. The molecule has 1 N–H and O–H groups in total. The Bertz CT molecular complexity index is 1090. The summed E-state index contributed by atoms with van der Waals surface area (Å²) >= 11 is 0. The van der Waals surface area contributed by atoms with Crippen molar-refractivity contribution in [2.24, 2.45) is 0 Å². The van der Waals surface area contributed by atoms with Crippen LogP contribution >= 0.6 is 0 Å². The van der Waals surface area contributed by atoms with E-state index < -0.39 is 5.97 Å². The topological polar surface area (TPSA) is 81.8 Å². The summed E-state index contributed by atoms with van der Waals surface area (Å²) in [5, 5.41) is 8.90. The number of aromatic nitrogens is 1. The molecule has 6 heteroatoms. The Morgan fingerprint density at radius 2 is 2.07 bits per heavy atom. The standard InChI is InChI=1S/C23H23NO5/c1-27-19-8-6-15(16-13-23(29-21(16)19)10-2-3-11-23)22-24-17-12-14(5-9-20(25)26)4-7-18(17)28-22/h4,6-8,12H,2-3,5,9-11,13H2,1H3,(H,25,26). The molecule has 0 radical (unpaired) electrons. The average molecular weight is 393 g/mol. The van der Waals surface area contributed by atoms with Gasteiger partial charge in [0.2, 0.25) is 5.89 Å². The third-order valence-corrected chi connectivity index (χ3v) is 6.09. The lowest BCUT2D eigenvalue weighted by Crippen LogP contribution is -2.30. The van der Waals surface area contributed by atoms with Crippen LogP contribution in [0.1, 0.15) is 43.2 Å². The Hall–Kier alpha value is -3.02. The largest absolute Gasteiger partial charge is 0.493 e. The Morgan fingerprint density at radius 1 is 1.24 bits per heavy atom. The summed E-state index contributed by atoms with van der Waals surface area (Å²) in [5.74, 6) is 1.32. The van der Waals surface area contributed by atoms with Gasteiger partial charge in [-0.15, -0.1) is 0 Å². The van der Waals surface area contributed by atoms with Crippen molar-refractivity contribution in [1.29, 1.82) is 0 Å². The minimum atomic E-state index is -0.805. The zero-order chi connectivity index (χ0) is 20.0. The second-order valence-electron chi connectivity index (χ2n) is 8.01. The van der Waals surface area contributed by atoms with Crippen LogP contribution < -0.4 is 9.47 Å². The van der Waals surface area contributed by atoms with Gasteiger partial charge >= 0.3 is 5.97 Å². The van der Waals surface area contributed by atoms with Crippen LogP contribution in [0, 0.1) is 0 Å². The number of hydrogen-bond donors (Lipinski definition) is 1. The third-order valence-electron chi connectivity index (χ3n) is 6.09. The molecule has 1 spiro atoms. The number of ether oxygens (including phenoxy) is 2. The lowest BCUT2D eigenvalue weighted by molar-refractivity contribution is -0.136. The highest BCUT2D eigenvalue weighted by molar-refractivity contribution is 5.79. The van der Waals surface area contributed by atoms with Crippen LogP contribution in [0.3, 0.4) is 0 Å². The van der Waals surface area contributed by atoms with Crippen molar-refractivity contribution in [1.82, 2.24) is 4.98 Å². The number of oxazole rings is 1. The third kappa shape index (κ3) is 3.12. The monoisotopic (exact) mass is 393 g/mol. The predicted octanol–water partition coefficient (Wildman–Crippen LogP) is 4.77. The predicted molar refractivity (Wildman–Crippen MR) is 107 cm³/mol. The second kappa shape index (κ2) is 6.79. The van der Waals surface area contributed by atoms with E-state index >= 15 is 0 Å². The molecule has 6 nitrogen and oxygen atoms in total. The lowest BCUT2D eigenvalue weighted by Gasteiger charge is -2.22. The summed E-state index contributed by atoms with van der Waals surface area (Å²) in [4.78, 5) is 15.5. The lowest BCUT2D eigenvalue weighted by atomic mass is 9.93. The number of aryl methyl sites for hydroxylation is 1. The maximum absolute atomic E-state index is 10.8. The normalized spacial score (nSPS) is 16.9. The van der Waals surface area contributed by atoms with E-state index in [1.807, 2.05) is 30.3 Å². The van der Waals surface area contributed by atoms with Crippen molar-refractivity contribution in [2.75, 3.05) is 7.11 Å². The van der Waals surface area contributed by atoms with Crippen molar-refractivity contribution in [3.8, 4) is 23.0 Å². The number of methoxy groups -OCH3 is 1. The molecule has 150 valence electrons. The van der Waals surface area contributed by atoms with Crippen molar-refractivity contribution in [2.45, 2.75) is 50.5 Å². The molecule has 0 atom stereocenters. The van der Waals surface area contributed by atoms with Crippen molar-refractivity contribution in [3.63, 3.8) is 0 Å². The molecule has 1 fully saturated rings. The highest BCUT2D eigenvalue weighted by Crippen LogP contribution is 2.51. The number of nitrogens with zero attached hydrogens (tertiary/aromatic N) is 1. The molecule has 0 saturated heterocycles. The molecule has 0 unspecified atom stereocenters. The Labute approximate surface area is 168 Å². The second-order valence-corrected chi connectivity index (χ2v) is 8.01. The number of carboxylic acids is 1. The summed E-state index contributed by atoms with van der Waals surface area (Å²) < 4.78 is 18.0. The average Bonchev–Trinajstić information content (AvgIpc) is 3.43. The summed E-state index contributed by atoms with van der Waals surface area (Å²) in [6.45, 7) is 0. The van der Waals surface area contributed by atoms with Gasteiger partial charge in [-0.1, -0.05) is 6.07 Å². The molecule has 5 rings (SSSR count). The van der Waals surface area contributed by atoms with E-state index in [1.54, 1.807) is 7.11 Å². The molecule has 1 aromatic heterocycles. The minimum absolute atomic E-state index is 0.0988. The highest BCUT2D eigenvalue weighted by atomic mass is 16.5. The molecule has 2 aliphatic rings. The number of hydrogen-bond acceptors (Lipinski definition) is 5. The SMILES string of the molecule is COc1ccc(-c2nc3cc(CCC(=O)O)ccc3o2)c2c1OC1(CCCC1)C2. The van der Waals surface area contributed by atoms with E-state index in [9.17, 15) is 4.79 Å². The van der Waals surface area contributed by atoms with Gasteiger partial charge in [0.25, 0.3) is 0 Å². The van der Waals surface area contributed by atoms with Gasteiger partial charge in [-0.25, -0.2) is 4.98 Å². The van der Waals surface area contributed by atoms with Gasteiger partial charge in [0.1, 0.15) is 11.1 Å². The van der Waals surface area contributed by atoms with Crippen molar-refractivity contribution in [3.05, 3.63) is 41.5 Å². The van der Waals surface area contributed by atoms with Crippen LogP contribution in [0.4, 0.5) is 0 Å². The maximum Gasteiger partial charge on any atom is 0.303 e. The molecule has 29 heavy (non-hydrogen) atoms. The minimum Gasteiger partial charge on any atom is -0.493 e. The van der Waals surface area contributed by atoms with E-state index in [0.717, 1.165) is 53.0 Å². The van der Waals surface area contributed by atoms with Gasteiger partial charge in [-0.2, -0.15) is 0 Å². The molecule has 2 aromatic carbocycles. The van der Waals surface area contributed by atoms with Crippen LogP contribution in [0.15, 0.2) is 34.7 Å². The number of aliphatic carboxylic acids is 1.